The first-order valence-electron chi connectivity index (χ1n) is 8.58. The molecule has 0 fully saturated rings. The van der Waals surface area contributed by atoms with Gasteiger partial charge in [0.25, 0.3) is 0 Å². The predicted molar refractivity (Wildman–Crippen MR) is 106 cm³/mol. The summed E-state index contributed by atoms with van der Waals surface area (Å²) >= 11 is 0. The quantitative estimate of drug-likeness (QED) is 0.244. The van der Waals surface area contributed by atoms with Crippen molar-refractivity contribution in [2.45, 2.75) is 51.0 Å². The molecule has 0 heterocycles. The van der Waals surface area contributed by atoms with Gasteiger partial charge in [-0.2, -0.15) is 0 Å². The highest BCUT2D eigenvalue weighted by Gasteiger charge is 2.41. The van der Waals surface area contributed by atoms with Gasteiger partial charge in [-0.1, -0.05) is 86.5 Å². The van der Waals surface area contributed by atoms with Crippen LogP contribution in [0.2, 0.25) is 18.1 Å². The van der Waals surface area contributed by atoms with E-state index in [4.69, 9.17) is 9.96 Å². The summed E-state index contributed by atoms with van der Waals surface area (Å²) in [5.74, 6) is 0. The Morgan fingerprint density at radius 2 is 1.40 bits per heavy atom. The lowest BCUT2D eigenvalue weighted by Crippen LogP contribution is -2.42. The Bertz CT molecular complexity index is 720. The van der Waals surface area contributed by atoms with Crippen molar-refractivity contribution in [3.05, 3.63) is 82.2 Å². The molecule has 0 aromatic heterocycles. The van der Waals surface area contributed by atoms with E-state index >= 15 is 0 Å². The van der Waals surface area contributed by atoms with E-state index in [2.05, 4.69) is 43.9 Å². The smallest absolute Gasteiger partial charge is 0.192 e. The number of nitrogens with zero attached hydrogens (tertiary/aromatic N) is 3. The largest absolute Gasteiger partial charge is 0.409 e. The molecular weight excluding hydrogens is 326 g/mol. The van der Waals surface area contributed by atoms with E-state index in [1.54, 1.807) is 0 Å². The lowest BCUT2D eigenvalue weighted by atomic mass is 9.97. The number of hydrogen-bond donors (Lipinski definition) is 0. The van der Waals surface area contributed by atoms with Crippen molar-refractivity contribution in [2.75, 3.05) is 0 Å². The lowest BCUT2D eigenvalue weighted by molar-refractivity contribution is 0.154. The topological polar surface area (TPSA) is 58.0 Å². The molecule has 2 atom stereocenters. The fourth-order valence-corrected chi connectivity index (χ4v) is 3.71. The Labute approximate surface area is 151 Å². The SMILES string of the molecule is CC(C)(C)[Si](C)(C)O[C@@H](c1ccccc1)[C@H](N=[N+]=[N-])c1ccccc1. The van der Waals surface area contributed by atoms with Crippen molar-refractivity contribution in [1.29, 1.82) is 0 Å². The van der Waals surface area contributed by atoms with Crippen LogP contribution in [0.4, 0.5) is 0 Å². The van der Waals surface area contributed by atoms with Crippen molar-refractivity contribution < 1.29 is 4.43 Å². The van der Waals surface area contributed by atoms with Gasteiger partial charge in [0.1, 0.15) is 0 Å². The van der Waals surface area contributed by atoms with Crippen molar-refractivity contribution in [1.82, 2.24) is 0 Å². The second-order valence-corrected chi connectivity index (χ2v) is 12.5. The van der Waals surface area contributed by atoms with E-state index in [1.807, 2.05) is 60.7 Å². The molecule has 25 heavy (non-hydrogen) atoms. The summed E-state index contributed by atoms with van der Waals surface area (Å²) in [6, 6.07) is 19.5. The first-order valence-corrected chi connectivity index (χ1v) is 11.5. The molecule has 0 N–H and O–H groups in total. The normalized spacial score (nSPS) is 14.4. The molecule has 2 aromatic rings. The zero-order valence-electron chi connectivity index (χ0n) is 15.7. The third-order valence-electron chi connectivity index (χ3n) is 4.96. The van der Waals surface area contributed by atoms with E-state index in [0.717, 1.165) is 11.1 Å². The zero-order chi connectivity index (χ0) is 18.5. The number of azide groups is 1. The van der Waals surface area contributed by atoms with Gasteiger partial charge in [-0.05, 0) is 34.8 Å². The van der Waals surface area contributed by atoms with Gasteiger partial charge in [0.2, 0.25) is 0 Å². The maximum absolute atomic E-state index is 9.17. The lowest BCUT2D eigenvalue weighted by Gasteiger charge is -2.41. The minimum Gasteiger partial charge on any atom is -0.409 e. The van der Waals surface area contributed by atoms with E-state index in [-0.39, 0.29) is 11.1 Å². The first kappa shape index (κ1) is 19.3. The molecule has 0 amide bonds. The molecule has 0 aliphatic rings. The van der Waals surface area contributed by atoms with Crippen LogP contribution in [0.1, 0.15) is 44.0 Å². The monoisotopic (exact) mass is 353 g/mol. The molecule has 0 spiro atoms. The molecule has 0 unspecified atom stereocenters. The molecule has 4 nitrogen and oxygen atoms in total. The Morgan fingerprint density at radius 1 is 0.920 bits per heavy atom. The minimum absolute atomic E-state index is 0.0671. The van der Waals surface area contributed by atoms with Crippen LogP contribution in [0, 0.1) is 0 Å². The van der Waals surface area contributed by atoms with Gasteiger partial charge >= 0.3 is 0 Å². The predicted octanol–water partition coefficient (Wildman–Crippen LogP) is 6.80. The van der Waals surface area contributed by atoms with Gasteiger partial charge < -0.3 is 4.43 Å². The highest BCUT2D eigenvalue weighted by atomic mass is 28.4. The molecule has 0 radical (unpaired) electrons. The number of hydrogen-bond acceptors (Lipinski definition) is 2. The molecule has 0 saturated heterocycles. The van der Waals surface area contributed by atoms with Gasteiger partial charge in [0.15, 0.2) is 8.32 Å². The Kier molecular flexibility index (Phi) is 6.06. The van der Waals surface area contributed by atoms with E-state index in [0.29, 0.717) is 0 Å². The van der Waals surface area contributed by atoms with Gasteiger partial charge in [-0.3, -0.25) is 0 Å². The van der Waals surface area contributed by atoms with Crippen LogP contribution < -0.4 is 0 Å². The fourth-order valence-electron chi connectivity index (χ4n) is 2.46. The van der Waals surface area contributed by atoms with Crippen LogP contribution in [-0.4, -0.2) is 8.32 Å². The van der Waals surface area contributed by atoms with Crippen molar-refractivity contribution in [3.63, 3.8) is 0 Å². The summed E-state index contributed by atoms with van der Waals surface area (Å²) in [5.41, 5.74) is 11.2. The van der Waals surface area contributed by atoms with Crippen LogP contribution >= 0.6 is 0 Å². The number of rotatable bonds is 6. The second-order valence-electron chi connectivity index (χ2n) is 7.77. The summed E-state index contributed by atoms with van der Waals surface area (Å²) in [6.07, 6.45) is -0.305. The minimum atomic E-state index is -2.06. The highest BCUT2D eigenvalue weighted by molar-refractivity contribution is 6.74. The van der Waals surface area contributed by atoms with Gasteiger partial charge in [-0.25, -0.2) is 0 Å². The molecule has 0 aliphatic heterocycles. The van der Waals surface area contributed by atoms with Crippen molar-refractivity contribution in [2.24, 2.45) is 5.11 Å². The fraction of sp³-hybridized carbons (Fsp3) is 0.400. The van der Waals surface area contributed by atoms with E-state index in [9.17, 15) is 0 Å². The summed E-state index contributed by atoms with van der Waals surface area (Å²) < 4.78 is 6.73. The van der Waals surface area contributed by atoms with Crippen LogP contribution in [0.3, 0.4) is 0 Å². The summed E-state index contributed by atoms with van der Waals surface area (Å²) in [4.78, 5) is 3.11. The third-order valence-corrected chi connectivity index (χ3v) is 9.42. The Hall–Kier alpha value is -2.07. The average molecular weight is 354 g/mol. The van der Waals surface area contributed by atoms with Crippen molar-refractivity contribution >= 4 is 8.32 Å². The van der Waals surface area contributed by atoms with Gasteiger partial charge in [0, 0.05) is 4.91 Å². The zero-order valence-corrected chi connectivity index (χ0v) is 16.7. The summed E-state index contributed by atoms with van der Waals surface area (Å²) in [5, 5.41) is 4.18. The van der Waals surface area contributed by atoms with Crippen LogP contribution in [0.5, 0.6) is 0 Å². The molecule has 0 saturated carbocycles. The molecule has 2 aromatic carbocycles. The third kappa shape index (κ3) is 4.72. The molecular formula is C20H27N3OSi. The molecule has 2 rings (SSSR count). The van der Waals surface area contributed by atoms with Crippen LogP contribution in [0.15, 0.2) is 65.8 Å². The maximum Gasteiger partial charge on any atom is 0.192 e. The molecule has 5 heteroatoms. The van der Waals surface area contributed by atoms with Crippen LogP contribution in [0.25, 0.3) is 10.4 Å². The molecule has 132 valence electrons. The first-order chi connectivity index (χ1) is 11.8. The van der Waals surface area contributed by atoms with Crippen LogP contribution in [-0.2, 0) is 4.43 Å². The maximum atomic E-state index is 9.17. The Morgan fingerprint density at radius 3 is 1.84 bits per heavy atom. The summed E-state index contributed by atoms with van der Waals surface area (Å²) in [6.45, 7) is 11.1. The highest BCUT2D eigenvalue weighted by Crippen LogP contribution is 2.44. The average Bonchev–Trinajstić information content (AvgIpc) is 2.58. The van der Waals surface area contributed by atoms with Crippen molar-refractivity contribution in [3.8, 4) is 0 Å². The van der Waals surface area contributed by atoms with E-state index < -0.39 is 14.4 Å². The molecule has 0 bridgehead atoms. The molecule has 0 aliphatic carbocycles. The summed E-state index contributed by atoms with van der Waals surface area (Å²) in [7, 11) is -2.06. The van der Waals surface area contributed by atoms with Gasteiger partial charge in [0.05, 0.1) is 12.1 Å². The number of benzene rings is 2. The Balaban J connectivity index is 2.52. The van der Waals surface area contributed by atoms with Gasteiger partial charge in [-0.15, -0.1) is 0 Å². The standard InChI is InChI=1S/C20H27N3OSi/c1-20(2,3)25(4,5)24-19(17-14-10-7-11-15-17)18(22-23-21)16-12-8-6-9-13-16/h6-15,18-19H,1-5H3/t18-,19+/m1/s1. The van der Waals surface area contributed by atoms with E-state index in [1.165, 1.54) is 0 Å². The second kappa shape index (κ2) is 7.87.